The van der Waals surface area contributed by atoms with Gasteiger partial charge in [0, 0.05) is 106 Å². The van der Waals surface area contributed by atoms with Gasteiger partial charge in [0.15, 0.2) is 11.8 Å². The van der Waals surface area contributed by atoms with Crippen molar-refractivity contribution < 1.29 is 43.2 Å². The fraction of sp³-hybridized carbons (Fsp3) is 0.667. The van der Waals surface area contributed by atoms with Crippen molar-refractivity contribution in [3.63, 3.8) is 0 Å². The predicted molar refractivity (Wildman–Crippen MR) is 243 cm³/mol. The first-order chi connectivity index (χ1) is 31.3. The summed E-state index contributed by atoms with van der Waals surface area (Å²) in [6, 6.07) is 6.49. The second-order valence-electron chi connectivity index (χ2n) is 20.9. The van der Waals surface area contributed by atoms with Crippen LogP contribution in [0, 0.1) is 22.7 Å². The third-order valence-corrected chi connectivity index (χ3v) is 18.2. The Kier molecular flexibility index (Phi) is 9.94. The van der Waals surface area contributed by atoms with Crippen LogP contribution >= 0.6 is 0 Å². The third-order valence-electron chi connectivity index (χ3n) is 18.2. The van der Waals surface area contributed by atoms with Crippen LogP contribution in [0.15, 0.2) is 53.8 Å². The third kappa shape index (κ3) is 5.43. The van der Waals surface area contributed by atoms with E-state index in [0.717, 1.165) is 79.0 Å². The number of methoxy groups -OCH3 is 3. The topological polar surface area (TPSA) is 150 Å². The van der Waals surface area contributed by atoms with E-state index in [2.05, 4.69) is 80.9 Å². The number of aromatic amines is 1. The quantitative estimate of drug-likeness (QED) is 0.159. The van der Waals surface area contributed by atoms with E-state index in [-0.39, 0.29) is 17.9 Å². The Hall–Kier alpha value is -4.21. The average Bonchev–Trinajstić information content (AvgIpc) is 3.56. The minimum absolute atomic E-state index is 0.0535. The molecule has 8 heterocycles. The summed E-state index contributed by atoms with van der Waals surface area (Å²) in [5.41, 5.74) is -0.741. The SMILES string of the molecule is CC[C@]1(O)C[C@H]2CN(CCc3c([nH]c4ccc(N5CCCCC5)cc34)[C@@](C(=O)OC)(C3C=C4C(=CC3OC)N(C)[C@@]35O[C@]3(C(=O)OC)[C@H](OC(C)=O)[C@]3(CC)C=CCN6CC[C@]45[C@@H]63)C2)C1. The van der Waals surface area contributed by atoms with Crippen LogP contribution in [-0.4, -0.2) is 152 Å². The monoisotopic (exact) mass is 893 g/mol. The first kappa shape index (κ1) is 43.4. The van der Waals surface area contributed by atoms with Gasteiger partial charge in [0.25, 0.3) is 5.60 Å². The number of likely N-dealkylation sites (N-methyl/N-ethyl adjacent to an activating group) is 1. The molecule has 350 valence electrons. The first-order valence-corrected chi connectivity index (χ1v) is 24.3. The molecule has 9 aliphatic rings. The van der Waals surface area contributed by atoms with Crippen molar-refractivity contribution in [1.29, 1.82) is 0 Å². The lowest BCUT2D eigenvalue weighted by atomic mass is 9.48. The lowest BCUT2D eigenvalue weighted by molar-refractivity contribution is -0.182. The number of piperidine rings is 2. The summed E-state index contributed by atoms with van der Waals surface area (Å²) in [5.74, 6) is -2.05. The number of likely N-dealkylation sites (tertiary alicyclic amines) is 1. The van der Waals surface area contributed by atoms with E-state index in [4.69, 9.17) is 23.7 Å². The number of allylic oxidation sites excluding steroid dienone is 1. The van der Waals surface area contributed by atoms with Crippen LogP contribution in [0.5, 0.6) is 0 Å². The summed E-state index contributed by atoms with van der Waals surface area (Å²) in [7, 11) is 6.55. The van der Waals surface area contributed by atoms with Gasteiger partial charge in [0.05, 0.1) is 31.3 Å². The minimum Gasteiger partial charge on any atom is -0.468 e. The van der Waals surface area contributed by atoms with Crippen molar-refractivity contribution in [2.45, 2.75) is 119 Å². The van der Waals surface area contributed by atoms with Crippen molar-refractivity contribution >= 4 is 34.5 Å². The molecule has 2 aliphatic carbocycles. The maximum Gasteiger partial charge on any atom is 0.347 e. The fourth-order valence-electron chi connectivity index (χ4n) is 15.7. The van der Waals surface area contributed by atoms with Gasteiger partial charge in [-0.25, -0.2) is 4.79 Å². The highest BCUT2D eigenvalue weighted by Gasteiger charge is 2.99. The molecule has 14 nitrogen and oxygen atoms in total. The number of rotatable bonds is 8. The van der Waals surface area contributed by atoms with Crippen LogP contribution in [0.1, 0.15) is 83.4 Å². The molecule has 7 aliphatic heterocycles. The summed E-state index contributed by atoms with van der Waals surface area (Å²) >= 11 is 0. The predicted octanol–water partition coefficient (Wildman–Crippen LogP) is 4.99. The molecule has 6 fully saturated rings. The highest BCUT2D eigenvalue weighted by molar-refractivity contribution is 5.93. The molecule has 5 saturated heterocycles. The standard InChI is InChI=1S/C51H67N5O9/c1-8-46(60)27-32-28-48(44(58)62-6,41-34(16-22-54(29-32)30-46)35-24-33(14-15-38(35)52-41)55-19-11-10-12-20-55)37-25-36-39(26-40(37)61-5)53(4)51-49(36)18-23-56-21-13-17-47(9-2,42(49)56)43(64-31(3)57)50(51,65-51)45(59)63-7/h13-15,17,24-26,32,37,40,42-43,52,60H,8-12,16,18-23,27-30H2,1-7H3/t32-,37?,40?,42+,43-,46+,47-,48+,49-,50+,51+/m1/s1. The lowest BCUT2D eigenvalue weighted by Crippen LogP contribution is -2.73. The highest BCUT2D eigenvalue weighted by atomic mass is 16.7. The van der Waals surface area contributed by atoms with Crippen molar-refractivity contribution in [1.82, 2.24) is 19.7 Å². The van der Waals surface area contributed by atoms with E-state index in [1.165, 1.54) is 33.3 Å². The first-order valence-electron chi connectivity index (χ1n) is 24.3. The molecule has 12 atom stereocenters. The smallest absolute Gasteiger partial charge is 0.347 e. The number of epoxide rings is 1. The van der Waals surface area contributed by atoms with E-state index >= 15 is 4.79 Å². The molecular formula is C51H67N5O9. The Morgan fingerprint density at radius 3 is 2.46 bits per heavy atom. The molecule has 0 amide bonds. The van der Waals surface area contributed by atoms with E-state index < -0.39 is 63.2 Å². The zero-order valence-corrected chi connectivity index (χ0v) is 39.2. The molecular weight excluding hydrogens is 827 g/mol. The largest absolute Gasteiger partial charge is 0.468 e. The van der Waals surface area contributed by atoms with Gasteiger partial charge in [-0.2, -0.15) is 0 Å². The molecule has 2 aromatic rings. The van der Waals surface area contributed by atoms with Gasteiger partial charge in [0.2, 0.25) is 0 Å². The molecule has 65 heavy (non-hydrogen) atoms. The Labute approximate surface area is 382 Å². The molecule has 2 spiro atoms. The summed E-state index contributed by atoms with van der Waals surface area (Å²) in [5, 5.41) is 13.3. The van der Waals surface area contributed by atoms with Crippen molar-refractivity contribution in [2.75, 3.05) is 79.1 Å². The van der Waals surface area contributed by atoms with E-state index in [1.54, 1.807) is 7.11 Å². The van der Waals surface area contributed by atoms with Crippen LogP contribution in [0.3, 0.4) is 0 Å². The minimum atomic E-state index is -1.64. The zero-order valence-electron chi connectivity index (χ0n) is 39.2. The van der Waals surface area contributed by atoms with Crippen LogP contribution in [-0.2, 0) is 49.9 Å². The van der Waals surface area contributed by atoms with Crippen LogP contribution < -0.4 is 4.90 Å². The highest BCUT2D eigenvalue weighted by Crippen LogP contribution is 2.82. The molecule has 2 bridgehead atoms. The summed E-state index contributed by atoms with van der Waals surface area (Å²) < 4.78 is 32.0. The lowest BCUT2D eigenvalue weighted by Gasteiger charge is -2.58. The van der Waals surface area contributed by atoms with Crippen molar-refractivity contribution in [3.05, 3.63) is 65.0 Å². The van der Waals surface area contributed by atoms with Crippen molar-refractivity contribution in [2.24, 2.45) is 22.7 Å². The number of H-pyrrole nitrogens is 1. The van der Waals surface area contributed by atoms with Gasteiger partial charge < -0.3 is 43.6 Å². The molecule has 0 radical (unpaired) electrons. The molecule has 1 aromatic carbocycles. The number of hydrogen-bond acceptors (Lipinski definition) is 13. The average molecular weight is 894 g/mol. The van der Waals surface area contributed by atoms with Crippen LogP contribution in [0.2, 0.25) is 0 Å². The second-order valence-corrected chi connectivity index (χ2v) is 20.9. The van der Waals surface area contributed by atoms with Gasteiger partial charge >= 0.3 is 17.9 Å². The molecule has 1 saturated carbocycles. The fourth-order valence-corrected chi connectivity index (χ4v) is 15.7. The second kappa shape index (κ2) is 14.9. The zero-order chi connectivity index (χ0) is 45.5. The van der Waals surface area contributed by atoms with E-state index in [1.807, 2.05) is 7.05 Å². The van der Waals surface area contributed by atoms with Gasteiger partial charge in [-0.15, -0.1) is 0 Å². The summed E-state index contributed by atoms with van der Waals surface area (Å²) in [6.45, 7) is 11.1. The molecule has 2 N–H and O–H groups in total. The van der Waals surface area contributed by atoms with E-state index in [9.17, 15) is 14.7 Å². The van der Waals surface area contributed by atoms with E-state index in [0.29, 0.717) is 51.6 Å². The maximum absolute atomic E-state index is 15.7. The number of nitrogens with zero attached hydrogens (tertiary/aromatic N) is 4. The number of carbonyl (C=O) groups excluding carboxylic acids is 3. The normalized spacial score (nSPS) is 41.4. The molecule has 11 rings (SSSR count). The number of nitrogens with one attached hydrogen (secondary N) is 1. The number of esters is 3. The Morgan fingerprint density at radius 1 is 0.969 bits per heavy atom. The van der Waals surface area contributed by atoms with Crippen LogP contribution in [0.25, 0.3) is 10.9 Å². The van der Waals surface area contributed by atoms with Crippen LogP contribution in [0.4, 0.5) is 5.69 Å². The van der Waals surface area contributed by atoms with Gasteiger partial charge in [-0.05, 0) is 106 Å². The number of benzene rings is 1. The van der Waals surface area contributed by atoms with Crippen molar-refractivity contribution in [3.8, 4) is 0 Å². The number of ether oxygens (including phenoxy) is 5. The Morgan fingerprint density at radius 2 is 1.75 bits per heavy atom. The Balaban J connectivity index is 1.17. The van der Waals surface area contributed by atoms with Gasteiger partial charge in [0.1, 0.15) is 5.41 Å². The molecule has 14 heteroatoms. The maximum atomic E-state index is 15.7. The number of anilines is 1. The number of fused-ring (bicyclic) bond motifs is 6. The molecule has 3 unspecified atom stereocenters. The van der Waals surface area contributed by atoms with Gasteiger partial charge in [-0.3, -0.25) is 19.4 Å². The Bertz CT molecular complexity index is 2420. The molecule has 1 aromatic heterocycles. The number of aromatic nitrogens is 1. The number of hydrogen-bond donors (Lipinski definition) is 2. The number of carbonyl (C=O) groups is 3. The summed E-state index contributed by atoms with van der Waals surface area (Å²) in [4.78, 5) is 57.0. The van der Waals surface area contributed by atoms with Gasteiger partial charge in [-0.1, -0.05) is 32.1 Å². The summed E-state index contributed by atoms with van der Waals surface area (Å²) in [6.07, 6.45) is 14.3. The number of aliphatic hydroxyl groups is 1.